The predicted octanol–water partition coefficient (Wildman–Crippen LogP) is 7.78. The fraction of sp³-hybridized carbons (Fsp3) is 0.257. The molecule has 0 fully saturated rings. The van der Waals surface area contributed by atoms with Crippen LogP contribution in [0.5, 0.6) is 0 Å². The van der Waals surface area contributed by atoms with Crippen molar-refractivity contribution in [3.63, 3.8) is 0 Å². The molecule has 5 rings (SSSR count). The smallest absolute Gasteiger partial charge is 0.408 e. The van der Waals surface area contributed by atoms with Crippen LogP contribution in [0.15, 0.2) is 83.3 Å². The zero-order valence-corrected chi connectivity index (χ0v) is 24.3. The normalized spacial score (nSPS) is 13.3. The molecule has 1 atom stereocenters. The van der Waals surface area contributed by atoms with Crippen LogP contribution >= 0.6 is 0 Å². The molecule has 42 heavy (non-hydrogen) atoms. The van der Waals surface area contributed by atoms with Gasteiger partial charge in [-0.05, 0) is 67.7 Å². The molecule has 0 spiro atoms. The van der Waals surface area contributed by atoms with E-state index in [-0.39, 0.29) is 13.2 Å². The highest BCUT2D eigenvalue weighted by atomic mass is 16.6. The lowest BCUT2D eigenvalue weighted by Gasteiger charge is -2.22. The Labute approximate surface area is 245 Å². The number of alkyl carbamates (subject to hydrolysis) is 1. The van der Waals surface area contributed by atoms with Gasteiger partial charge in [-0.1, -0.05) is 72.8 Å². The molecule has 1 amide bonds. The molecule has 1 aliphatic carbocycles. The van der Waals surface area contributed by atoms with Gasteiger partial charge in [0.05, 0.1) is 20.3 Å². The Balaban J connectivity index is 1.32. The van der Waals surface area contributed by atoms with Crippen LogP contribution in [-0.2, 0) is 25.6 Å². The summed E-state index contributed by atoms with van der Waals surface area (Å²) in [6.45, 7) is 5.43. The van der Waals surface area contributed by atoms with Crippen LogP contribution in [0, 0.1) is 0 Å². The van der Waals surface area contributed by atoms with E-state index in [0.29, 0.717) is 0 Å². The fourth-order valence-corrected chi connectivity index (χ4v) is 4.88. The Hall–Kier alpha value is -4.62. The molecular weight excluding hydrogens is 530 g/mol. The third-order valence-electron chi connectivity index (χ3n) is 6.77. The van der Waals surface area contributed by atoms with E-state index >= 15 is 0 Å². The molecule has 0 bridgehead atoms. The summed E-state index contributed by atoms with van der Waals surface area (Å²) in [5, 5.41) is 3.62. The highest BCUT2D eigenvalue weighted by Gasteiger charge is 2.25. The zero-order chi connectivity index (χ0) is 29.7. The van der Waals surface area contributed by atoms with Gasteiger partial charge in [0, 0.05) is 16.5 Å². The van der Waals surface area contributed by atoms with E-state index in [9.17, 15) is 9.59 Å². The van der Waals surface area contributed by atoms with E-state index in [1.165, 1.54) is 7.11 Å². The molecule has 1 N–H and O–H groups in total. The van der Waals surface area contributed by atoms with Crippen LogP contribution in [0.2, 0.25) is 0 Å². The van der Waals surface area contributed by atoms with Crippen LogP contribution in [0.25, 0.3) is 45.4 Å². The van der Waals surface area contributed by atoms with Crippen molar-refractivity contribution in [1.29, 1.82) is 0 Å². The second-order valence-corrected chi connectivity index (χ2v) is 11.1. The maximum Gasteiger partial charge on any atom is 0.408 e. The van der Waals surface area contributed by atoms with Gasteiger partial charge in [-0.25, -0.2) is 9.59 Å². The number of methoxy groups -OCH3 is 1. The second kappa shape index (κ2) is 12.5. The van der Waals surface area contributed by atoms with Crippen molar-refractivity contribution in [1.82, 2.24) is 5.32 Å². The molecule has 7 heteroatoms. The van der Waals surface area contributed by atoms with E-state index in [1.54, 1.807) is 20.8 Å². The Bertz CT molecular complexity index is 1660. The second-order valence-electron chi connectivity index (χ2n) is 11.1. The van der Waals surface area contributed by atoms with E-state index in [1.807, 2.05) is 24.3 Å². The fourth-order valence-electron chi connectivity index (χ4n) is 4.88. The van der Waals surface area contributed by atoms with Gasteiger partial charge in [0.1, 0.15) is 16.9 Å². The van der Waals surface area contributed by atoms with Crippen LogP contribution in [-0.4, -0.2) is 37.4 Å². The number of hydrogen-bond donors (Lipinski definition) is 1. The molecule has 4 aromatic rings. The molecule has 216 valence electrons. The number of carbonyl (C=O) groups is 2. The number of carbonyl (C=O) groups excluding carboxylic acids is 2. The van der Waals surface area contributed by atoms with Crippen LogP contribution in [0.3, 0.4) is 0 Å². The standard InChI is InChI=1S/C35H35NO6/c1-35(2,3)42-34(38)36-30(33(37)39-4)22-40-21-23-11-8-12-24(19-23)25-13-9-14-26(20-25)27-16-10-17-29-28-15-6-5-7-18-31(28)41-32(27)29/h6-20,30H,5,21-22H2,1-4H3,(H,36,38). The maximum absolute atomic E-state index is 12.2. The van der Waals surface area contributed by atoms with Crippen molar-refractivity contribution in [3.05, 3.63) is 95.8 Å². The summed E-state index contributed by atoms with van der Waals surface area (Å²) in [5.74, 6) is 0.271. The molecule has 0 saturated carbocycles. The molecule has 0 saturated heterocycles. The van der Waals surface area contributed by atoms with Crippen molar-refractivity contribution in [2.45, 2.75) is 45.4 Å². The lowest BCUT2D eigenvalue weighted by molar-refractivity contribution is -0.145. The number of para-hydroxylation sites is 1. The van der Waals surface area contributed by atoms with Crippen molar-refractivity contribution in [3.8, 4) is 22.3 Å². The zero-order valence-electron chi connectivity index (χ0n) is 24.3. The van der Waals surface area contributed by atoms with Gasteiger partial charge in [0.15, 0.2) is 6.04 Å². The van der Waals surface area contributed by atoms with Gasteiger partial charge in [-0.15, -0.1) is 0 Å². The first kappa shape index (κ1) is 28.9. The van der Waals surface area contributed by atoms with Gasteiger partial charge in [0.2, 0.25) is 0 Å². The minimum absolute atomic E-state index is 0.0624. The average Bonchev–Trinajstić information content (AvgIpc) is 3.16. The molecule has 7 nitrogen and oxygen atoms in total. The van der Waals surface area contributed by atoms with Gasteiger partial charge in [-0.3, -0.25) is 0 Å². The highest BCUT2D eigenvalue weighted by molar-refractivity contribution is 6.00. The quantitative estimate of drug-likeness (QED) is 0.220. The van der Waals surface area contributed by atoms with Gasteiger partial charge >= 0.3 is 12.1 Å². The number of rotatable bonds is 8. The third-order valence-corrected chi connectivity index (χ3v) is 6.77. The van der Waals surface area contributed by atoms with Crippen molar-refractivity contribution >= 4 is 35.2 Å². The minimum Gasteiger partial charge on any atom is -0.467 e. The van der Waals surface area contributed by atoms with Gasteiger partial charge in [-0.2, -0.15) is 0 Å². The highest BCUT2D eigenvalue weighted by Crippen LogP contribution is 2.37. The summed E-state index contributed by atoms with van der Waals surface area (Å²) >= 11 is 0. The summed E-state index contributed by atoms with van der Waals surface area (Å²) in [5.41, 5.74) is 6.40. The summed E-state index contributed by atoms with van der Waals surface area (Å²) in [6.07, 6.45) is 8.62. The van der Waals surface area contributed by atoms with Crippen molar-refractivity contribution < 1.29 is 28.2 Å². The first-order valence-corrected chi connectivity index (χ1v) is 14.0. The average molecular weight is 566 g/mol. The van der Waals surface area contributed by atoms with E-state index in [0.717, 1.165) is 56.5 Å². The van der Waals surface area contributed by atoms with Crippen LogP contribution in [0.4, 0.5) is 4.79 Å². The van der Waals surface area contributed by atoms with Gasteiger partial charge < -0.3 is 23.9 Å². The Morgan fingerprint density at radius 3 is 2.43 bits per heavy atom. The summed E-state index contributed by atoms with van der Waals surface area (Å²) < 4.78 is 22.2. The number of ether oxygens (including phenoxy) is 3. The summed E-state index contributed by atoms with van der Waals surface area (Å²) in [4.78, 5) is 24.4. The Morgan fingerprint density at radius 1 is 0.929 bits per heavy atom. The minimum atomic E-state index is -0.991. The summed E-state index contributed by atoms with van der Waals surface area (Å²) in [6, 6.07) is 21.7. The topological polar surface area (TPSA) is 87.0 Å². The van der Waals surface area contributed by atoms with Crippen LogP contribution in [0.1, 0.15) is 44.1 Å². The molecule has 0 aliphatic heterocycles. The molecule has 1 aliphatic rings. The number of allylic oxidation sites excluding steroid dienone is 2. The molecular formula is C35H35NO6. The number of amides is 1. The molecule has 0 radical (unpaired) electrons. The number of furan rings is 1. The number of fused-ring (bicyclic) bond motifs is 3. The van der Waals surface area contributed by atoms with E-state index in [2.05, 4.69) is 72.1 Å². The van der Waals surface area contributed by atoms with E-state index in [4.69, 9.17) is 18.6 Å². The largest absolute Gasteiger partial charge is 0.467 e. The molecule has 1 unspecified atom stereocenters. The third kappa shape index (κ3) is 6.81. The van der Waals surface area contributed by atoms with Crippen LogP contribution < -0.4 is 5.32 Å². The number of esters is 1. The molecule has 3 aromatic carbocycles. The maximum atomic E-state index is 12.2. The molecule has 1 aromatic heterocycles. The predicted molar refractivity (Wildman–Crippen MR) is 165 cm³/mol. The van der Waals surface area contributed by atoms with Crippen molar-refractivity contribution in [2.24, 2.45) is 0 Å². The number of nitrogens with one attached hydrogen (secondary N) is 1. The first-order valence-electron chi connectivity index (χ1n) is 14.0. The van der Waals surface area contributed by atoms with Crippen molar-refractivity contribution in [2.75, 3.05) is 13.7 Å². The first-order chi connectivity index (χ1) is 20.2. The lowest BCUT2D eigenvalue weighted by Crippen LogP contribution is -2.46. The SMILES string of the molecule is COC(=O)C(COCc1cccc(-c2cccc(-c3cccc4c5c(oc34)C=CCC=C5)c2)c1)NC(=O)OC(C)(C)C. The van der Waals surface area contributed by atoms with E-state index < -0.39 is 23.7 Å². The Morgan fingerprint density at radius 2 is 1.64 bits per heavy atom. The number of benzene rings is 3. The lowest BCUT2D eigenvalue weighted by atomic mass is 9.96. The van der Waals surface area contributed by atoms with Gasteiger partial charge in [0.25, 0.3) is 0 Å². The number of hydrogen-bond acceptors (Lipinski definition) is 6. The molecule has 1 heterocycles. The Kier molecular flexibility index (Phi) is 8.59. The summed E-state index contributed by atoms with van der Waals surface area (Å²) in [7, 11) is 1.26. The monoisotopic (exact) mass is 565 g/mol.